The standard InChI is InChI=1S/C18H24N4O3/c1-2-24-18(23)19-15-9-6-10-22(12-15)13-16-20-17(25-21-16)11-14-7-4-3-5-8-14/h3-5,7-8,15H,2,6,9-13H2,1H3,(H,19,23)/t15-/m0/s1. The fourth-order valence-corrected chi connectivity index (χ4v) is 3.05. The Balaban J connectivity index is 1.51. The summed E-state index contributed by atoms with van der Waals surface area (Å²) >= 11 is 0. The van der Waals surface area contributed by atoms with Crippen molar-refractivity contribution >= 4 is 6.09 Å². The van der Waals surface area contributed by atoms with Gasteiger partial charge in [0, 0.05) is 12.6 Å². The summed E-state index contributed by atoms with van der Waals surface area (Å²) in [6.45, 7) is 4.54. The number of aromatic nitrogens is 2. The highest BCUT2D eigenvalue weighted by Crippen LogP contribution is 2.14. The Labute approximate surface area is 147 Å². The number of benzene rings is 1. The Morgan fingerprint density at radius 3 is 3.04 bits per heavy atom. The van der Waals surface area contributed by atoms with Crippen molar-refractivity contribution in [2.45, 2.75) is 38.8 Å². The fourth-order valence-electron chi connectivity index (χ4n) is 3.05. The first-order valence-corrected chi connectivity index (χ1v) is 8.74. The highest BCUT2D eigenvalue weighted by atomic mass is 16.5. The first-order valence-electron chi connectivity index (χ1n) is 8.74. The first-order chi connectivity index (χ1) is 12.2. The van der Waals surface area contributed by atoms with Crippen LogP contribution in [0.25, 0.3) is 0 Å². The Bertz CT molecular complexity index is 674. The number of piperidine rings is 1. The molecule has 0 aliphatic carbocycles. The summed E-state index contributed by atoms with van der Waals surface area (Å²) in [7, 11) is 0. The second-order valence-electron chi connectivity index (χ2n) is 6.21. The summed E-state index contributed by atoms with van der Waals surface area (Å²) in [5.41, 5.74) is 1.15. The molecule has 1 saturated heterocycles. The third-order valence-corrected chi connectivity index (χ3v) is 4.18. The van der Waals surface area contributed by atoms with Crippen LogP contribution in [0, 0.1) is 0 Å². The summed E-state index contributed by atoms with van der Waals surface area (Å²) in [5, 5.41) is 6.99. The topological polar surface area (TPSA) is 80.5 Å². The average molecular weight is 344 g/mol. The van der Waals surface area contributed by atoms with Crippen molar-refractivity contribution in [3.63, 3.8) is 0 Å². The number of hydrogen-bond acceptors (Lipinski definition) is 6. The number of likely N-dealkylation sites (tertiary alicyclic amines) is 1. The Kier molecular flexibility index (Phi) is 6.00. The van der Waals surface area contributed by atoms with Crippen molar-refractivity contribution < 1.29 is 14.1 Å². The zero-order valence-corrected chi connectivity index (χ0v) is 14.5. The third kappa shape index (κ3) is 5.29. The Morgan fingerprint density at radius 2 is 2.24 bits per heavy atom. The van der Waals surface area contributed by atoms with E-state index in [-0.39, 0.29) is 12.1 Å². The van der Waals surface area contributed by atoms with Crippen LogP contribution in [0.4, 0.5) is 4.79 Å². The molecule has 25 heavy (non-hydrogen) atoms. The molecule has 2 aromatic rings. The molecule has 0 saturated carbocycles. The normalized spacial score (nSPS) is 18.0. The molecule has 1 aliphatic heterocycles. The molecular weight excluding hydrogens is 320 g/mol. The van der Waals surface area contributed by atoms with Crippen molar-refractivity contribution in [1.29, 1.82) is 0 Å². The smallest absolute Gasteiger partial charge is 0.407 e. The zero-order chi connectivity index (χ0) is 17.5. The van der Waals surface area contributed by atoms with Crippen LogP contribution in [-0.2, 0) is 17.7 Å². The molecule has 0 radical (unpaired) electrons. The predicted octanol–water partition coefficient (Wildman–Crippen LogP) is 2.37. The maximum Gasteiger partial charge on any atom is 0.407 e. The quantitative estimate of drug-likeness (QED) is 0.866. The molecule has 1 aromatic heterocycles. The molecule has 3 rings (SSSR count). The predicted molar refractivity (Wildman–Crippen MR) is 92.0 cm³/mol. The van der Waals surface area contributed by atoms with Crippen LogP contribution in [0.2, 0.25) is 0 Å². The number of hydrogen-bond donors (Lipinski definition) is 1. The number of alkyl carbamates (subject to hydrolysis) is 1. The van der Waals surface area contributed by atoms with Crippen LogP contribution in [-0.4, -0.2) is 46.9 Å². The van der Waals surface area contributed by atoms with E-state index in [2.05, 4.69) is 20.4 Å². The monoisotopic (exact) mass is 344 g/mol. The molecule has 1 fully saturated rings. The summed E-state index contributed by atoms with van der Waals surface area (Å²) in [6.07, 6.45) is 2.27. The second-order valence-corrected chi connectivity index (χ2v) is 6.21. The van der Waals surface area contributed by atoms with Gasteiger partial charge < -0.3 is 14.6 Å². The summed E-state index contributed by atoms with van der Waals surface area (Å²) < 4.78 is 10.3. The van der Waals surface area contributed by atoms with Gasteiger partial charge in [0.1, 0.15) is 0 Å². The van der Waals surface area contributed by atoms with E-state index in [1.807, 2.05) is 30.3 Å². The number of nitrogens with one attached hydrogen (secondary N) is 1. The Hall–Kier alpha value is -2.41. The van der Waals surface area contributed by atoms with E-state index >= 15 is 0 Å². The van der Waals surface area contributed by atoms with E-state index in [0.29, 0.717) is 31.3 Å². The molecule has 0 bridgehead atoms. The van der Waals surface area contributed by atoms with Gasteiger partial charge in [0.05, 0.1) is 19.6 Å². The summed E-state index contributed by atoms with van der Waals surface area (Å²) in [5.74, 6) is 1.31. The highest BCUT2D eigenvalue weighted by Gasteiger charge is 2.23. The van der Waals surface area contributed by atoms with Gasteiger partial charge in [-0.05, 0) is 31.9 Å². The van der Waals surface area contributed by atoms with Gasteiger partial charge in [-0.2, -0.15) is 4.98 Å². The number of amides is 1. The maximum absolute atomic E-state index is 11.6. The lowest BCUT2D eigenvalue weighted by Gasteiger charge is -2.31. The lowest BCUT2D eigenvalue weighted by atomic mass is 10.1. The number of rotatable bonds is 6. The van der Waals surface area contributed by atoms with Crippen LogP contribution in [0.1, 0.15) is 37.0 Å². The Morgan fingerprint density at radius 1 is 1.40 bits per heavy atom. The minimum Gasteiger partial charge on any atom is -0.450 e. The van der Waals surface area contributed by atoms with Crippen molar-refractivity contribution in [1.82, 2.24) is 20.4 Å². The highest BCUT2D eigenvalue weighted by molar-refractivity contribution is 5.67. The average Bonchev–Trinajstić information content (AvgIpc) is 3.03. The lowest BCUT2D eigenvalue weighted by molar-refractivity contribution is 0.131. The minimum atomic E-state index is -0.348. The van der Waals surface area contributed by atoms with E-state index in [1.165, 1.54) is 0 Å². The van der Waals surface area contributed by atoms with Gasteiger partial charge in [-0.15, -0.1) is 0 Å². The molecule has 1 aliphatic rings. The summed E-state index contributed by atoms with van der Waals surface area (Å²) in [6, 6.07) is 10.2. The molecule has 134 valence electrons. The minimum absolute atomic E-state index is 0.100. The van der Waals surface area contributed by atoms with E-state index in [9.17, 15) is 4.79 Å². The van der Waals surface area contributed by atoms with Gasteiger partial charge in [-0.3, -0.25) is 4.90 Å². The van der Waals surface area contributed by atoms with Gasteiger partial charge in [0.25, 0.3) is 0 Å². The van der Waals surface area contributed by atoms with Crippen LogP contribution in [0.3, 0.4) is 0 Å². The molecule has 0 spiro atoms. The van der Waals surface area contributed by atoms with E-state index in [1.54, 1.807) is 6.92 Å². The van der Waals surface area contributed by atoms with Crippen LogP contribution in [0.5, 0.6) is 0 Å². The molecule has 7 nitrogen and oxygen atoms in total. The largest absolute Gasteiger partial charge is 0.450 e. The van der Waals surface area contributed by atoms with Crippen molar-refractivity contribution in [2.75, 3.05) is 19.7 Å². The van der Waals surface area contributed by atoms with Crippen molar-refractivity contribution in [3.05, 3.63) is 47.6 Å². The SMILES string of the molecule is CCOC(=O)N[C@H]1CCCN(Cc2noc(Cc3ccccc3)n2)C1. The van der Waals surface area contributed by atoms with E-state index in [0.717, 1.165) is 31.5 Å². The van der Waals surface area contributed by atoms with Gasteiger partial charge in [0.2, 0.25) is 5.89 Å². The fraction of sp³-hybridized carbons (Fsp3) is 0.500. The van der Waals surface area contributed by atoms with Gasteiger partial charge >= 0.3 is 6.09 Å². The summed E-state index contributed by atoms with van der Waals surface area (Å²) in [4.78, 5) is 18.3. The van der Waals surface area contributed by atoms with Crippen molar-refractivity contribution in [2.24, 2.45) is 0 Å². The van der Waals surface area contributed by atoms with Crippen LogP contribution >= 0.6 is 0 Å². The number of nitrogens with zero attached hydrogens (tertiary/aromatic N) is 3. The van der Waals surface area contributed by atoms with E-state index in [4.69, 9.17) is 9.26 Å². The molecule has 1 atom stereocenters. The molecule has 1 aromatic carbocycles. The van der Waals surface area contributed by atoms with Gasteiger partial charge in [-0.25, -0.2) is 4.79 Å². The van der Waals surface area contributed by atoms with Crippen LogP contribution < -0.4 is 5.32 Å². The second kappa shape index (κ2) is 8.62. The zero-order valence-electron chi connectivity index (χ0n) is 14.5. The van der Waals surface area contributed by atoms with Gasteiger partial charge in [0.15, 0.2) is 5.82 Å². The molecular formula is C18H24N4O3. The number of ether oxygens (including phenoxy) is 1. The molecule has 7 heteroatoms. The first kappa shape index (κ1) is 17.4. The maximum atomic E-state index is 11.6. The molecule has 2 heterocycles. The van der Waals surface area contributed by atoms with Gasteiger partial charge in [-0.1, -0.05) is 35.5 Å². The number of carbonyl (C=O) groups is 1. The van der Waals surface area contributed by atoms with E-state index < -0.39 is 0 Å². The lowest BCUT2D eigenvalue weighted by Crippen LogP contribution is -2.47. The number of carbonyl (C=O) groups excluding carboxylic acids is 1. The van der Waals surface area contributed by atoms with Crippen LogP contribution in [0.15, 0.2) is 34.9 Å². The van der Waals surface area contributed by atoms with Crippen molar-refractivity contribution in [3.8, 4) is 0 Å². The third-order valence-electron chi connectivity index (χ3n) is 4.18. The molecule has 1 N–H and O–H groups in total. The molecule has 0 unspecified atom stereocenters. The molecule has 1 amide bonds.